The quantitative estimate of drug-likeness (QED) is 0.239. The van der Waals surface area contributed by atoms with E-state index < -0.39 is 41.1 Å². The smallest absolute Gasteiger partial charge is 0.493 e. The molecule has 2 aliphatic heterocycles. The van der Waals surface area contributed by atoms with Crippen LogP contribution < -0.4 is 19.5 Å². The Bertz CT molecular complexity index is 1300. The highest BCUT2D eigenvalue weighted by Gasteiger charge is 2.44. The molecule has 4 rings (SSSR count). The molecular weight excluding hydrogens is 581 g/mol. The highest BCUT2D eigenvalue weighted by Crippen LogP contribution is 2.41. The highest BCUT2D eigenvalue weighted by atomic mass is 19.4. The minimum atomic E-state index is -4.68. The summed E-state index contributed by atoms with van der Waals surface area (Å²) < 4.78 is 99.7. The van der Waals surface area contributed by atoms with E-state index in [0.717, 1.165) is 6.07 Å². The van der Waals surface area contributed by atoms with Gasteiger partial charge in [-0.05, 0) is 95.7 Å². The van der Waals surface area contributed by atoms with Gasteiger partial charge in [-0.25, -0.2) is 4.79 Å². The molecule has 8 nitrogen and oxygen atoms in total. The van der Waals surface area contributed by atoms with E-state index in [1.807, 2.05) is 0 Å². The second-order valence-corrected chi connectivity index (χ2v) is 12.1. The lowest BCUT2D eigenvalue weighted by atomic mass is 9.91. The minimum Gasteiger partial charge on any atom is -0.493 e. The summed E-state index contributed by atoms with van der Waals surface area (Å²) in [5, 5.41) is 2.81. The fourth-order valence-corrected chi connectivity index (χ4v) is 4.58. The molecule has 1 fully saturated rings. The van der Waals surface area contributed by atoms with E-state index in [9.17, 15) is 26.7 Å². The van der Waals surface area contributed by atoms with Crippen molar-refractivity contribution in [3.8, 4) is 17.2 Å². The minimum absolute atomic E-state index is 0.0413. The first kappa shape index (κ1) is 32.6. The van der Waals surface area contributed by atoms with Crippen LogP contribution in [0.3, 0.4) is 0 Å². The molecule has 2 aliphatic rings. The van der Waals surface area contributed by atoms with Gasteiger partial charge < -0.3 is 33.7 Å². The Labute approximate surface area is 246 Å². The van der Waals surface area contributed by atoms with Crippen LogP contribution in [-0.4, -0.2) is 49.1 Å². The van der Waals surface area contributed by atoms with Gasteiger partial charge >= 0.3 is 18.6 Å². The highest BCUT2D eigenvalue weighted by molar-refractivity contribution is 5.69. The van der Waals surface area contributed by atoms with E-state index in [0.29, 0.717) is 24.0 Å². The van der Waals surface area contributed by atoms with E-state index in [4.69, 9.17) is 18.9 Å². The second kappa shape index (κ2) is 12.0. The van der Waals surface area contributed by atoms with Crippen molar-refractivity contribution in [2.75, 3.05) is 19.8 Å². The second-order valence-electron chi connectivity index (χ2n) is 12.1. The van der Waals surface area contributed by atoms with Crippen molar-refractivity contribution in [2.45, 2.75) is 89.7 Å². The van der Waals surface area contributed by atoms with Crippen LogP contribution >= 0.6 is 0 Å². The molecule has 1 N–H and O–H groups in total. The Morgan fingerprint density at radius 2 is 1.56 bits per heavy atom. The van der Waals surface area contributed by atoms with Gasteiger partial charge in [0.15, 0.2) is 17.3 Å². The standard InChI is InChI=1S/C30H36F5NO7/c1-26(2,3)43-25(37)36-28(17-39-27(4,5)40-18-28)13-12-20-8-10-22(21(15-20)29(31,32)33)38-14-6-7-19-9-11-23-24(16-19)42-30(34,35)41-23/h8-11,15-16H,6-7,12-14,17-18H2,1-5H3,(H,36,37). The Kier molecular flexibility index (Phi) is 9.09. The van der Waals surface area contributed by atoms with Crippen LogP contribution in [0.2, 0.25) is 0 Å². The SMILES string of the molecule is CC(C)(C)OC(=O)NC1(CCc2ccc(OCCCc3ccc4c(c3)OC(F)(F)O4)c(C(F)(F)F)c2)COC(C)(C)OC1. The van der Waals surface area contributed by atoms with Crippen LogP contribution in [-0.2, 0) is 33.2 Å². The summed E-state index contributed by atoms with van der Waals surface area (Å²) >= 11 is 0. The average molecular weight is 618 g/mol. The third-order valence-electron chi connectivity index (χ3n) is 6.73. The molecule has 0 atom stereocenters. The molecule has 0 aromatic heterocycles. The Hall–Kier alpha value is -3.32. The third-order valence-corrected chi connectivity index (χ3v) is 6.73. The summed E-state index contributed by atoms with van der Waals surface area (Å²) in [6.45, 7) is 8.75. The number of rotatable bonds is 9. The Morgan fingerprint density at radius 3 is 2.21 bits per heavy atom. The number of aryl methyl sites for hydroxylation is 2. The molecule has 238 valence electrons. The fourth-order valence-electron chi connectivity index (χ4n) is 4.58. The van der Waals surface area contributed by atoms with Crippen molar-refractivity contribution in [3.05, 3.63) is 53.1 Å². The van der Waals surface area contributed by atoms with Gasteiger partial charge in [0.25, 0.3) is 0 Å². The molecular formula is C30H36F5NO7. The molecule has 13 heteroatoms. The molecule has 0 aliphatic carbocycles. The molecule has 1 saturated heterocycles. The molecule has 0 spiro atoms. The van der Waals surface area contributed by atoms with Gasteiger partial charge in [-0.1, -0.05) is 12.1 Å². The van der Waals surface area contributed by atoms with Crippen LogP contribution in [0.5, 0.6) is 17.2 Å². The number of carbonyl (C=O) groups excluding carboxylic acids is 1. The zero-order valence-corrected chi connectivity index (χ0v) is 24.7. The van der Waals surface area contributed by atoms with Crippen LogP contribution in [0.25, 0.3) is 0 Å². The van der Waals surface area contributed by atoms with Crippen molar-refractivity contribution in [2.24, 2.45) is 0 Å². The number of alkyl halides is 5. The van der Waals surface area contributed by atoms with Crippen molar-refractivity contribution >= 4 is 6.09 Å². The van der Waals surface area contributed by atoms with Crippen molar-refractivity contribution in [1.29, 1.82) is 0 Å². The van der Waals surface area contributed by atoms with Gasteiger partial charge in [-0.15, -0.1) is 8.78 Å². The number of ether oxygens (including phenoxy) is 6. The predicted molar refractivity (Wildman–Crippen MR) is 144 cm³/mol. The van der Waals surface area contributed by atoms with Gasteiger partial charge in [0.2, 0.25) is 0 Å². The molecule has 0 unspecified atom stereocenters. The number of hydrogen-bond donors (Lipinski definition) is 1. The number of halogens is 5. The molecule has 2 aromatic carbocycles. The van der Waals surface area contributed by atoms with Crippen molar-refractivity contribution < 1.29 is 55.2 Å². The molecule has 43 heavy (non-hydrogen) atoms. The Balaban J connectivity index is 1.39. The van der Waals surface area contributed by atoms with Crippen molar-refractivity contribution in [1.82, 2.24) is 5.32 Å². The maximum atomic E-state index is 14.0. The first-order chi connectivity index (χ1) is 19.8. The number of benzene rings is 2. The van der Waals surface area contributed by atoms with Gasteiger partial charge in [-0.3, -0.25) is 0 Å². The number of fused-ring (bicyclic) bond motifs is 1. The molecule has 1 amide bonds. The average Bonchev–Trinajstić information content (AvgIpc) is 3.19. The van der Waals surface area contributed by atoms with Gasteiger partial charge in [0.1, 0.15) is 11.4 Å². The monoisotopic (exact) mass is 617 g/mol. The first-order valence-electron chi connectivity index (χ1n) is 13.8. The maximum Gasteiger partial charge on any atom is 0.586 e. The topological polar surface area (TPSA) is 84.5 Å². The van der Waals surface area contributed by atoms with Gasteiger partial charge in [-0.2, -0.15) is 13.2 Å². The molecule has 0 bridgehead atoms. The summed E-state index contributed by atoms with van der Waals surface area (Å²) in [7, 11) is 0. The van der Waals surface area contributed by atoms with E-state index in [1.54, 1.807) is 40.7 Å². The zero-order valence-electron chi connectivity index (χ0n) is 24.7. The number of amides is 1. The van der Waals surface area contributed by atoms with Crippen LogP contribution in [0.4, 0.5) is 26.7 Å². The van der Waals surface area contributed by atoms with Gasteiger partial charge in [0, 0.05) is 0 Å². The lowest BCUT2D eigenvalue weighted by molar-refractivity contribution is -0.286. The predicted octanol–water partition coefficient (Wildman–Crippen LogP) is 7.02. The lowest BCUT2D eigenvalue weighted by Crippen LogP contribution is -2.61. The van der Waals surface area contributed by atoms with Crippen LogP contribution in [0.1, 0.15) is 64.2 Å². The molecule has 2 heterocycles. The molecule has 0 saturated carbocycles. The first-order valence-corrected chi connectivity index (χ1v) is 13.8. The van der Waals surface area contributed by atoms with Crippen LogP contribution in [0, 0.1) is 0 Å². The van der Waals surface area contributed by atoms with E-state index >= 15 is 0 Å². The summed E-state index contributed by atoms with van der Waals surface area (Å²) in [5.74, 6) is -1.39. The number of alkyl carbamates (subject to hydrolysis) is 1. The number of carbonyl (C=O) groups is 1. The fraction of sp³-hybridized carbons (Fsp3) is 0.567. The van der Waals surface area contributed by atoms with E-state index in [1.165, 1.54) is 24.3 Å². The summed E-state index contributed by atoms with van der Waals surface area (Å²) in [5.41, 5.74) is -1.67. The molecule has 2 aromatic rings. The third kappa shape index (κ3) is 9.09. The summed E-state index contributed by atoms with van der Waals surface area (Å²) in [6, 6.07) is 8.17. The zero-order chi connectivity index (χ0) is 31.7. The molecule has 0 radical (unpaired) electrons. The largest absolute Gasteiger partial charge is 0.586 e. The number of hydrogen-bond acceptors (Lipinski definition) is 7. The van der Waals surface area contributed by atoms with Gasteiger partial charge in [0.05, 0.1) is 30.9 Å². The van der Waals surface area contributed by atoms with E-state index in [2.05, 4.69) is 14.8 Å². The number of nitrogens with one attached hydrogen (secondary N) is 1. The summed E-state index contributed by atoms with van der Waals surface area (Å²) in [6.07, 6.45) is -8.01. The van der Waals surface area contributed by atoms with Crippen LogP contribution in [0.15, 0.2) is 36.4 Å². The summed E-state index contributed by atoms with van der Waals surface area (Å²) in [4.78, 5) is 12.6. The Morgan fingerprint density at radius 1 is 0.930 bits per heavy atom. The van der Waals surface area contributed by atoms with Crippen molar-refractivity contribution in [3.63, 3.8) is 0 Å². The normalized spacial score (nSPS) is 18.7. The lowest BCUT2D eigenvalue weighted by Gasteiger charge is -2.44. The maximum absolute atomic E-state index is 14.0. The van der Waals surface area contributed by atoms with E-state index in [-0.39, 0.29) is 49.9 Å².